The zero-order valence-corrected chi connectivity index (χ0v) is 11.8. The molecule has 0 saturated carbocycles. The minimum Gasteiger partial charge on any atom is -0.384 e. The Hall–Kier alpha value is -1.55. The fourth-order valence-electron chi connectivity index (χ4n) is 2.38. The molecule has 1 aliphatic heterocycles. The molecule has 0 aromatic heterocycles. The summed E-state index contributed by atoms with van der Waals surface area (Å²) >= 11 is 0. The summed E-state index contributed by atoms with van der Waals surface area (Å²) < 4.78 is 0. The molecule has 0 fully saturated rings. The summed E-state index contributed by atoms with van der Waals surface area (Å²) in [5.74, 6) is 0.452. The predicted molar refractivity (Wildman–Crippen MR) is 78.5 cm³/mol. The van der Waals surface area contributed by atoms with Crippen LogP contribution < -0.4 is 10.6 Å². The van der Waals surface area contributed by atoms with Gasteiger partial charge in [-0.1, -0.05) is 25.1 Å². The second kappa shape index (κ2) is 6.57. The molecule has 1 aromatic rings. The SMILES string of the molecule is CCN(C)CCNC(=O)CC1CNc2ccccc21. The third kappa shape index (κ3) is 3.70. The second-order valence-corrected chi connectivity index (χ2v) is 5.12. The van der Waals surface area contributed by atoms with Crippen LogP contribution in [0.1, 0.15) is 24.8 Å². The number of amides is 1. The van der Waals surface area contributed by atoms with Crippen LogP contribution in [0.3, 0.4) is 0 Å². The van der Waals surface area contributed by atoms with Crippen LogP contribution in [0.15, 0.2) is 24.3 Å². The maximum atomic E-state index is 11.9. The molecule has 0 bridgehead atoms. The van der Waals surface area contributed by atoms with Gasteiger partial charge in [-0.15, -0.1) is 0 Å². The summed E-state index contributed by atoms with van der Waals surface area (Å²) in [5, 5.41) is 6.35. The standard InChI is InChI=1S/C15H23N3O/c1-3-18(2)9-8-16-15(19)10-12-11-17-14-7-5-4-6-13(12)14/h4-7,12,17H,3,8-11H2,1-2H3,(H,16,19). The molecule has 0 saturated heterocycles. The van der Waals surface area contributed by atoms with Crippen LogP contribution in [-0.2, 0) is 4.79 Å². The van der Waals surface area contributed by atoms with Gasteiger partial charge in [-0.3, -0.25) is 4.79 Å². The molecule has 2 N–H and O–H groups in total. The average Bonchev–Trinajstić information content (AvgIpc) is 2.82. The monoisotopic (exact) mass is 261 g/mol. The van der Waals surface area contributed by atoms with Gasteiger partial charge in [0.2, 0.25) is 5.91 Å². The molecular weight excluding hydrogens is 238 g/mol. The minimum atomic E-state index is 0.146. The molecule has 2 rings (SSSR count). The van der Waals surface area contributed by atoms with E-state index in [1.165, 1.54) is 11.3 Å². The first-order chi connectivity index (χ1) is 9.20. The van der Waals surface area contributed by atoms with Crippen molar-refractivity contribution in [2.45, 2.75) is 19.3 Å². The van der Waals surface area contributed by atoms with Gasteiger partial charge in [-0.25, -0.2) is 0 Å². The van der Waals surface area contributed by atoms with Gasteiger partial charge in [0.05, 0.1) is 0 Å². The molecule has 4 nitrogen and oxygen atoms in total. The summed E-state index contributed by atoms with van der Waals surface area (Å²) in [6.07, 6.45) is 0.569. The molecular formula is C15H23N3O. The van der Waals surface area contributed by atoms with Gasteiger partial charge in [0, 0.05) is 37.7 Å². The Kier molecular flexibility index (Phi) is 4.80. The van der Waals surface area contributed by atoms with Crippen LogP contribution in [0.25, 0.3) is 0 Å². The van der Waals surface area contributed by atoms with Crippen molar-refractivity contribution >= 4 is 11.6 Å². The molecule has 1 amide bonds. The lowest BCUT2D eigenvalue weighted by atomic mass is 9.98. The smallest absolute Gasteiger partial charge is 0.220 e. The number of fused-ring (bicyclic) bond motifs is 1. The lowest BCUT2D eigenvalue weighted by molar-refractivity contribution is -0.121. The molecule has 1 unspecified atom stereocenters. The lowest BCUT2D eigenvalue weighted by Crippen LogP contribution is -2.33. The van der Waals surface area contributed by atoms with Crippen LogP contribution in [0.2, 0.25) is 0 Å². The van der Waals surface area contributed by atoms with E-state index in [2.05, 4.69) is 41.6 Å². The van der Waals surface area contributed by atoms with Gasteiger partial charge >= 0.3 is 0 Å². The number of likely N-dealkylation sites (N-methyl/N-ethyl adjacent to an activating group) is 1. The molecule has 0 spiro atoms. The van der Waals surface area contributed by atoms with Crippen molar-refractivity contribution in [1.29, 1.82) is 0 Å². The van der Waals surface area contributed by atoms with Crippen molar-refractivity contribution in [2.75, 3.05) is 38.5 Å². The summed E-state index contributed by atoms with van der Waals surface area (Å²) in [7, 11) is 2.06. The number of benzene rings is 1. The van der Waals surface area contributed by atoms with E-state index in [9.17, 15) is 4.79 Å². The molecule has 0 radical (unpaired) electrons. The average molecular weight is 261 g/mol. The van der Waals surface area contributed by atoms with E-state index in [0.29, 0.717) is 12.3 Å². The van der Waals surface area contributed by atoms with Crippen LogP contribution in [0.4, 0.5) is 5.69 Å². The van der Waals surface area contributed by atoms with Crippen molar-refractivity contribution in [1.82, 2.24) is 10.2 Å². The zero-order valence-electron chi connectivity index (χ0n) is 11.8. The fraction of sp³-hybridized carbons (Fsp3) is 0.533. The molecule has 104 valence electrons. The fourth-order valence-corrected chi connectivity index (χ4v) is 2.38. The van der Waals surface area contributed by atoms with Crippen molar-refractivity contribution in [3.05, 3.63) is 29.8 Å². The quantitative estimate of drug-likeness (QED) is 0.818. The number of para-hydroxylation sites is 1. The Morgan fingerprint density at radius 3 is 3.05 bits per heavy atom. The van der Waals surface area contributed by atoms with Crippen LogP contribution in [0.5, 0.6) is 0 Å². The van der Waals surface area contributed by atoms with E-state index in [-0.39, 0.29) is 5.91 Å². The van der Waals surface area contributed by atoms with Crippen molar-refractivity contribution in [3.8, 4) is 0 Å². The lowest BCUT2D eigenvalue weighted by Gasteiger charge is -2.15. The first kappa shape index (κ1) is 13.9. The minimum absolute atomic E-state index is 0.146. The molecule has 1 atom stereocenters. The first-order valence-electron chi connectivity index (χ1n) is 6.98. The molecule has 4 heteroatoms. The molecule has 0 aliphatic carbocycles. The van der Waals surface area contributed by atoms with Crippen molar-refractivity contribution in [2.24, 2.45) is 0 Å². The van der Waals surface area contributed by atoms with E-state index < -0.39 is 0 Å². The van der Waals surface area contributed by atoms with Gasteiger partial charge in [0.15, 0.2) is 0 Å². The number of anilines is 1. The van der Waals surface area contributed by atoms with E-state index in [0.717, 1.165) is 26.2 Å². The van der Waals surface area contributed by atoms with E-state index in [4.69, 9.17) is 0 Å². The third-order valence-electron chi connectivity index (χ3n) is 3.73. The number of hydrogen-bond donors (Lipinski definition) is 2. The van der Waals surface area contributed by atoms with Gasteiger partial charge in [0.25, 0.3) is 0 Å². The Morgan fingerprint density at radius 2 is 2.26 bits per heavy atom. The van der Waals surface area contributed by atoms with Gasteiger partial charge < -0.3 is 15.5 Å². The molecule has 19 heavy (non-hydrogen) atoms. The molecule has 1 aliphatic rings. The summed E-state index contributed by atoms with van der Waals surface area (Å²) in [4.78, 5) is 14.1. The number of nitrogens with one attached hydrogen (secondary N) is 2. The van der Waals surface area contributed by atoms with Crippen LogP contribution >= 0.6 is 0 Å². The first-order valence-corrected chi connectivity index (χ1v) is 6.98. The van der Waals surface area contributed by atoms with Gasteiger partial charge in [0.1, 0.15) is 0 Å². The van der Waals surface area contributed by atoms with E-state index >= 15 is 0 Å². The number of hydrogen-bond acceptors (Lipinski definition) is 3. The highest BCUT2D eigenvalue weighted by atomic mass is 16.1. The van der Waals surface area contributed by atoms with Crippen LogP contribution in [0, 0.1) is 0 Å². The number of carbonyl (C=O) groups is 1. The highest BCUT2D eigenvalue weighted by Gasteiger charge is 2.23. The maximum absolute atomic E-state index is 11.9. The van der Waals surface area contributed by atoms with Gasteiger partial charge in [-0.2, -0.15) is 0 Å². The molecule has 1 heterocycles. The van der Waals surface area contributed by atoms with Crippen LogP contribution in [-0.4, -0.2) is 44.0 Å². The van der Waals surface area contributed by atoms with E-state index in [1.54, 1.807) is 0 Å². The number of carbonyl (C=O) groups excluding carboxylic acids is 1. The number of nitrogens with zero attached hydrogens (tertiary/aromatic N) is 1. The largest absolute Gasteiger partial charge is 0.384 e. The normalized spacial score (nSPS) is 17.1. The van der Waals surface area contributed by atoms with E-state index in [1.807, 2.05) is 12.1 Å². The second-order valence-electron chi connectivity index (χ2n) is 5.12. The Bertz CT molecular complexity index is 433. The topological polar surface area (TPSA) is 44.4 Å². The Balaban J connectivity index is 1.78. The summed E-state index contributed by atoms with van der Waals surface area (Å²) in [5.41, 5.74) is 2.44. The van der Waals surface area contributed by atoms with Crippen molar-refractivity contribution < 1.29 is 4.79 Å². The zero-order chi connectivity index (χ0) is 13.7. The highest BCUT2D eigenvalue weighted by molar-refractivity contribution is 5.78. The molecule has 1 aromatic carbocycles. The maximum Gasteiger partial charge on any atom is 0.220 e. The van der Waals surface area contributed by atoms with Gasteiger partial charge in [-0.05, 0) is 25.2 Å². The third-order valence-corrected chi connectivity index (χ3v) is 3.73. The highest BCUT2D eigenvalue weighted by Crippen LogP contribution is 2.32. The predicted octanol–water partition coefficient (Wildman–Crippen LogP) is 1.65. The summed E-state index contributed by atoms with van der Waals surface area (Å²) in [6, 6.07) is 8.24. The Labute approximate surface area is 115 Å². The van der Waals surface area contributed by atoms with Crippen molar-refractivity contribution in [3.63, 3.8) is 0 Å². The number of rotatable bonds is 6. The Morgan fingerprint density at radius 1 is 1.47 bits per heavy atom. The summed E-state index contributed by atoms with van der Waals surface area (Å²) in [6.45, 7) is 5.62.